The molecule has 8 nitrogen and oxygen atoms in total. The van der Waals surface area contributed by atoms with Crippen molar-refractivity contribution in [2.75, 3.05) is 5.32 Å². The van der Waals surface area contributed by atoms with E-state index in [0.29, 0.717) is 22.9 Å². The molecule has 0 atom stereocenters. The number of nitrogens with one attached hydrogen (secondary N) is 2. The standard InChI is InChI=1S/C18H19N7O/c26-12-7-5-11(6-8-12)22-18-23-16-15(19-9-20-16)17(24-18)25-10-21-13-3-1-2-4-14(13)25/h1-4,9-12,26H,5-8H2,(H2,19,20,22,23,24). The van der Waals surface area contributed by atoms with E-state index in [1.54, 1.807) is 12.7 Å². The van der Waals surface area contributed by atoms with Crippen LogP contribution >= 0.6 is 0 Å². The molecule has 0 unspecified atom stereocenters. The molecule has 4 aromatic rings. The van der Waals surface area contributed by atoms with Crippen LogP contribution in [0.1, 0.15) is 25.7 Å². The number of para-hydroxylation sites is 2. The normalized spacial score (nSPS) is 20.7. The quantitative estimate of drug-likeness (QED) is 0.525. The van der Waals surface area contributed by atoms with Crippen LogP contribution in [0.2, 0.25) is 0 Å². The van der Waals surface area contributed by atoms with Crippen molar-refractivity contribution in [1.29, 1.82) is 0 Å². The minimum absolute atomic E-state index is 0.183. The number of imidazole rings is 2. The Morgan fingerprint density at radius 3 is 2.81 bits per heavy atom. The Morgan fingerprint density at radius 2 is 1.92 bits per heavy atom. The highest BCUT2D eigenvalue weighted by Crippen LogP contribution is 2.25. The van der Waals surface area contributed by atoms with Gasteiger partial charge in [0.2, 0.25) is 5.95 Å². The topological polar surface area (TPSA) is 105 Å². The maximum atomic E-state index is 9.69. The number of aromatic amines is 1. The predicted molar refractivity (Wildman–Crippen MR) is 98.2 cm³/mol. The lowest BCUT2D eigenvalue weighted by Crippen LogP contribution is -2.29. The van der Waals surface area contributed by atoms with Gasteiger partial charge in [-0.2, -0.15) is 9.97 Å². The Morgan fingerprint density at radius 1 is 1.08 bits per heavy atom. The third-order valence-electron chi connectivity index (χ3n) is 4.97. The Labute approximate surface area is 149 Å². The molecule has 26 heavy (non-hydrogen) atoms. The first kappa shape index (κ1) is 15.3. The molecule has 0 aliphatic heterocycles. The van der Waals surface area contributed by atoms with Gasteiger partial charge in [0.05, 0.1) is 23.5 Å². The van der Waals surface area contributed by atoms with Crippen molar-refractivity contribution in [3.05, 3.63) is 36.9 Å². The molecule has 1 aromatic carbocycles. The molecule has 8 heteroatoms. The van der Waals surface area contributed by atoms with Crippen molar-refractivity contribution in [1.82, 2.24) is 29.5 Å². The summed E-state index contributed by atoms with van der Waals surface area (Å²) in [7, 11) is 0. The maximum Gasteiger partial charge on any atom is 0.227 e. The van der Waals surface area contributed by atoms with Gasteiger partial charge in [-0.1, -0.05) is 12.1 Å². The monoisotopic (exact) mass is 349 g/mol. The summed E-state index contributed by atoms with van der Waals surface area (Å²) in [4.78, 5) is 21.2. The minimum atomic E-state index is -0.183. The van der Waals surface area contributed by atoms with Crippen LogP contribution in [0.25, 0.3) is 28.0 Å². The molecule has 1 aliphatic rings. The van der Waals surface area contributed by atoms with Gasteiger partial charge in [-0.15, -0.1) is 0 Å². The number of aromatic nitrogens is 6. The van der Waals surface area contributed by atoms with Gasteiger partial charge >= 0.3 is 0 Å². The van der Waals surface area contributed by atoms with E-state index >= 15 is 0 Å². The van der Waals surface area contributed by atoms with E-state index in [1.165, 1.54) is 0 Å². The second-order valence-corrected chi connectivity index (χ2v) is 6.72. The van der Waals surface area contributed by atoms with Crippen LogP contribution in [0, 0.1) is 0 Å². The van der Waals surface area contributed by atoms with E-state index in [2.05, 4.69) is 25.3 Å². The first-order valence-corrected chi connectivity index (χ1v) is 8.86. The number of fused-ring (bicyclic) bond motifs is 2. The average Bonchev–Trinajstić information content (AvgIpc) is 3.30. The zero-order valence-corrected chi connectivity index (χ0v) is 14.1. The highest BCUT2D eigenvalue weighted by molar-refractivity contribution is 5.84. The number of nitrogens with zero attached hydrogens (tertiary/aromatic N) is 5. The number of aliphatic hydroxyl groups is 1. The lowest BCUT2D eigenvalue weighted by atomic mass is 9.93. The molecular formula is C18H19N7O. The van der Waals surface area contributed by atoms with Gasteiger partial charge in [0, 0.05) is 6.04 Å². The van der Waals surface area contributed by atoms with Gasteiger partial charge in [0.1, 0.15) is 6.33 Å². The number of hydrogen-bond acceptors (Lipinski definition) is 6. The Balaban J connectivity index is 1.57. The van der Waals surface area contributed by atoms with Crippen LogP contribution in [0.5, 0.6) is 0 Å². The van der Waals surface area contributed by atoms with Crippen molar-refractivity contribution in [3.63, 3.8) is 0 Å². The molecule has 3 aromatic heterocycles. The lowest BCUT2D eigenvalue weighted by molar-refractivity contribution is 0.126. The molecule has 3 heterocycles. The van der Waals surface area contributed by atoms with E-state index in [9.17, 15) is 5.11 Å². The Hall–Kier alpha value is -3.00. The smallest absolute Gasteiger partial charge is 0.227 e. The molecule has 1 saturated carbocycles. The predicted octanol–water partition coefficient (Wildman–Crippen LogP) is 2.41. The van der Waals surface area contributed by atoms with Crippen LogP contribution in [0.3, 0.4) is 0 Å². The van der Waals surface area contributed by atoms with Crippen LogP contribution in [0.4, 0.5) is 5.95 Å². The molecule has 5 rings (SSSR count). The molecule has 3 N–H and O–H groups in total. The van der Waals surface area contributed by atoms with E-state index < -0.39 is 0 Å². The summed E-state index contributed by atoms with van der Waals surface area (Å²) in [6.45, 7) is 0. The van der Waals surface area contributed by atoms with Crippen molar-refractivity contribution < 1.29 is 5.11 Å². The van der Waals surface area contributed by atoms with Crippen LogP contribution in [0.15, 0.2) is 36.9 Å². The van der Waals surface area contributed by atoms with Crippen LogP contribution in [-0.4, -0.2) is 46.7 Å². The highest BCUT2D eigenvalue weighted by atomic mass is 16.3. The highest BCUT2D eigenvalue weighted by Gasteiger charge is 2.21. The molecular weight excluding hydrogens is 330 g/mol. The van der Waals surface area contributed by atoms with Gasteiger partial charge in [-0.05, 0) is 37.8 Å². The summed E-state index contributed by atoms with van der Waals surface area (Å²) >= 11 is 0. The Kier molecular flexibility index (Phi) is 3.56. The largest absolute Gasteiger partial charge is 0.393 e. The fourth-order valence-electron chi connectivity index (χ4n) is 3.58. The fourth-order valence-corrected chi connectivity index (χ4v) is 3.58. The van der Waals surface area contributed by atoms with Gasteiger partial charge < -0.3 is 15.4 Å². The molecule has 0 radical (unpaired) electrons. The molecule has 0 bridgehead atoms. The number of anilines is 1. The molecule has 132 valence electrons. The van der Waals surface area contributed by atoms with Gasteiger partial charge in [0.25, 0.3) is 0 Å². The van der Waals surface area contributed by atoms with E-state index in [1.807, 2.05) is 28.8 Å². The van der Waals surface area contributed by atoms with E-state index in [0.717, 1.165) is 36.7 Å². The number of H-pyrrole nitrogens is 1. The van der Waals surface area contributed by atoms with Crippen molar-refractivity contribution >= 4 is 28.1 Å². The molecule has 0 amide bonds. The van der Waals surface area contributed by atoms with Crippen molar-refractivity contribution in [2.24, 2.45) is 0 Å². The first-order valence-electron chi connectivity index (χ1n) is 8.86. The minimum Gasteiger partial charge on any atom is -0.393 e. The summed E-state index contributed by atoms with van der Waals surface area (Å²) in [5, 5.41) is 13.1. The number of rotatable bonds is 3. The summed E-state index contributed by atoms with van der Waals surface area (Å²) in [6.07, 6.45) is 6.65. The molecule has 1 aliphatic carbocycles. The summed E-state index contributed by atoms with van der Waals surface area (Å²) < 4.78 is 1.94. The fraction of sp³-hybridized carbons (Fsp3) is 0.333. The second-order valence-electron chi connectivity index (χ2n) is 6.72. The van der Waals surface area contributed by atoms with Crippen molar-refractivity contribution in [2.45, 2.75) is 37.8 Å². The van der Waals surface area contributed by atoms with Gasteiger partial charge in [-0.3, -0.25) is 4.57 Å². The number of aliphatic hydroxyl groups excluding tert-OH is 1. The van der Waals surface area contributed by atoms with E-state index in [-0.39, 0.29) is 12.1 Å². The first-order chi connectivity index (χ1) is 12.8. The maximum absolute atomic E-state index is 9.69. The third kappa shape index (κ3) is 2.59. The zero-order valence-electron chi connectivity index (χ0n) is 14.1. The average molecular weight is 349 g/mol. The third-order valence-corrected chi connectivity index (χ3v) is 4.97. The van der Waals surface area contributed by atoms with Crippen LogP contribution in [-0.2, 0) is 0 Å². The summed E-state index contributed by atoms with van der Waals surface area (Å²) in [5.41, 5.74) is 3.27. The zero-order chi connectivity index (χ0) is 17.5. The number of benzene rings is 1. The summed E-state index contributed by atoms with van der Waals surface area (Å²) in [6, 6.07) is 8.20. The van der Waals surface area contributed by atoms with Gasteiger partial charge in [-0.25, -0.2) is 9.97 Å². The Bertz CT molecular complexity index is 1060. The second kappa shape index (κ2) is 6.06. The molecule has 1 fully saturated rings. The lowest BCUT2D eigenvalue weighted by Gasteiger charge is -2.26. The van der Waals surface area contributed by atoms with Gasteiger partial charge in [0.15, 0.2) is 17.0 Å². The molecule has 0 saturated heterocycles. The number of hydrogen-bond donors (Lipinski definition) is 3. The van der Waals surface area contributed by atoms with Crippen molar-refractivity contribution in [3.8, 4) is 5.82 Å². The van der Waals surface area contributed by atoms with E-state index in [4.69, 9.17) is 4.98 Å². The van der Waals surface area contributed by atoms with Crippen LogP contribution < -0.4 is 5.32 Å². The molecule has 0 spiro atoms. The summed E-state index contributed by atoms with van der Waals surface area (Å²) in [5.74, 6) is 1.26. The SMILES string of the molecule is OC1CCC(Nc2nc(-n3cnc4ccccc43)c3nc[nH]c3n2)CC1.